The maximum absolute atomic E-state index is 11.5. The third-order valence-corrected chi connectivity index (χ3v) is 8.54. The Morgan fingerprint density at radius 3 is 1.96 bits per heavy atom. The number of aliphatic hydroxyl groups is 1. The van der Waals surface area contributed by atoms with E-state index in [-0.39, 0.29) is 24.7 Å². The number of amides is 1. The molecule has 0 unspecified atom stereocenters. The summed E-state index contributed by atoms with van der Waals surface area (Å²) >= 11 is 0. The van der Waals surface area contributed by atoms with Crippen LogP contribution >= 0.6 is 0 Å². The number of rotatable bonds is 12. The monoisotopic (exact) mass is 626 g/mol. The summed E-state index contributed by atoms with van der Waals surface area (Å²) in [6.45, 7) is 4.37. The predicted molar refractivity (Wildman–Crippen MR) is 185 cm³/mol. The van der Waals surface area contributed by atoms with E-state index in [0.29, 0.717) is 13.0 Å². The van der Waals surface area contributed by atoms with Gasteiger partial charge in [-0.15, -0.1) is 0 Å². The first-order valence-corrected chi connectivity index (χ1v) is 16.3. The van der Waals surface area contributed by atoms with Crippen molar-refractivity contribution in [3.8, 4) is 11.1 Å². The quantitative estimate of drug-likeness (QED) is 0.148. The summed E-state index contributed by atoms with van der Waals surface area (Å²) in [6, 6.07) is 45.8. The highest BCUT2D eigenvalue weighted by Gasteiger charge is 2.33. The van der Waals surface area contributed by atoms with Crippen LogP contribution in [0.5, 0.6) is 0 Å². The highest BCUT2D eigenvalue weighted by atomic mass is 16.7. The van der Waals surface area contributed by atoms with Gasteiger partial charge in [0.2, 0.25) is 5.91 Å². The van der Waals surface area contributed by atoms with Crippen LogP contribution in [0.25, 0.3) is 11.1 Å². The van der Waals surface area contributed by atoms with E-state index >= 15 is 0 Å². The Bertz CT molecular complexity index is 1680. The lowest BCUT2D eigenvalue weighted by Crippen LogP contribution is -2.39. The second-order valence-corrected chi connectivity index (χ2v) is 12.2. The van der Waals surface area contributed by atoms with Gasteiger partial charge in [-0.25, -0.2) is 0 Å². The summed E-state index contributed by atoms with van der Waals surface area (Å²) in [7, 11) is 0. The van der Waals surface area contributed by atoms with Gasteiger partial charge in [-0.3, -0.25) is 9.69 Å². The Hall–Kier alpha value is -4.59. The number of hydrogen-bond donors (Lipinski definition) is 2. The average Bonchev–Trinajstić information content (AvgIpc) is 3.11. The van der Waals surface area contributed by atoms with Crippen LogP contribution in [-0.4, -0.2) is 28.6 Å². The van der Waals surface area contributed by atoms with Crippen molar-refractivity contribution >= 4 is 5.91 Å². The number of hydrogen-bond acceptors (Lipinski definition) is 5. The minimum Gasteiger partial charge on any atom is -0.392 e. The largest absolute Gasteiger partial charge is 0.392 e. The Kier molecular flexibility index (Phi) is 10.9. The minimum absolute atomic E-state index is 0.00685. The van der Waals surface area contributed by atoms with Crippen molar-refractivity contribution in [2.24, 2.45) is 0 Å². The van der Waals surface area contributed by atoms with Gasteiger partial charge in [0.1, 0.15) is 0 Å². The Morgan fingerprint density at radius 2 is 1.32 bits per heavy atom. The van der Waals surface area contributed by atoms with E-state index in [1.165, 1.54) is 18.1 Å². The highest BCUT2D eigenvalue weighted by Crippen LogP contribution is 2.39. The highest BCUT2D eigenvalue weighted by molar-refractivity contribution is 5.73. The van der Waals surface area contributed by atoms with Gasteiger partial charge >= 0.3 is 0 Å². The molecule has 240 valence electrons. The van der Waals surface area contributed by atoms with Crippen molar-refractivity contribution in [2.75, 3.05) is 6.54 Å². The molecule has 6 rings (SSSR count). The molecule has 6 nitrogen and oxygen atoms in total. The van der Waals surface area contributed by atoms with Crippen LogP contribution in [0.3, 0.4) is 0 Å². The lowest BCUT2D eigenvalue weighted by atomic mass is 9.98. The van der Waals surface area contributed by atoms with Crippen LogP contribution < -0.4 is 5.32 Å². The summed E-state index contributed by atoms with van der Waals surface area (Å²) in [5.41, 5.74) is 8.58. The zero-order chi connectivity index (χ0) is 32.4. The van der Waals surface area contributed by atoms with Crippen molar-refractivity contribution < 1.29 is 19.4 Å². The first-order valence-electron chi connectivity index (χ1n) is 16.3. The SMILES string of the molecule is CC(=O)NCc1cccc(-c2cccc([C@@H]3O[C@H](CN(Cc4ccccc4)Cc4ccccc4)C[C@H](c4ccc(CO)cc4)O3)c2)c1. The fraction of sp³-hybridized carbons (Fsp3) is 0.244. The molecule has 1 aliphatic heterocycles. The molecule has 1 fully saturated rings. The molecule has 5 aromatic rings. The van der Waals surface area contributed by atoms with Gasteiger partial charge in [-0.2, -0.15) is 0 Å². The van der Waals surface area contributed by atoms with Gasteiger partial charge in [0, 0.05) is 45.1 Å². The van der Waals surface area contributed by atoms with E-state index in [9.17, 15) is 9.90 Å². The van der Waals surface area contributed by atoms with E-state index in [2.05, 4.69) is 113 Å². The summed E-state index contributed by atoms with van der Waals surface area (Å²) in [5.74, 6) is -0.0507. The topological polar surface area (TPSA) is 71.0 Å². The van der Waals surface area contributed by atoms with E-state index in [1.54, 1.807) is 0 Å². The van der Waals surface area contributed by atoms with Crippen molar-refractivity contribution in [2.45, 2.75) is 58.1 Å². The lowest BCUT2D eigenvalue weighted by Gasteiger charge is -2.38. The summed E-state index contributed by atoms with van der Waals surface area (Å²) < 4.78 is 13.5. The number of ether oxygens (including phenoxy) is 2. The third-order valence-electron chi connectivity index (χ3n) is 8.54. The van der Waals surface area contributed by atoms with E-state index in [0.717, 1.165) is 53.0 Å². The number of carbonyl (C=O) groups excluding carboxylic acids is 1. The molecule has 3 atom stereocenters. The van der Waals surface area contributed by atoms with Crippen LogP contribution in [0.15, 0.2) is 133 Å². The van der Waals surface area contributed by atoms with Gasteiger partial charge < -0.3 is 19.9 Å². The van der Waals surface area contributed by atoms with Crippen LogP contribution in [0.2, 0.25) is 0 Å². The fourth-order valence-corrected chi connectivity index (χ4v) is 6.14. The number of nitrogens with zero attached hydrogens (tertiary/aromatic N) is 1. The van der Waals surface area contributed by atoms with Gasteiger partial charge in [0.15, 0.2) is 6.29 Å². The maximum atomic E-state index is 11.5. The van der Waals surface area contributed by atoms with Gasteiger partial charge in [-0.05, 0) is 51.1 Å². The first-order chi connectivity index (χ1) is 23.0. The molecule has 0 aliphatic carbocycles. The smallest absolute Gasteiger partial charge is 0.217 e. The van der Waals surface area contributed by atoms with Crippen LogP contribution in [-0.2, 0) is 40.5 Å². The first kappa shape index (κ1) is 32.4. The van der Waals surface area contributed by atoms with E-state index < -0.39 is 6.29 Å². The zero-order valence-electron chi connectivity index (χ0n) is 26.8. The van der Waals surface area contributed by atoms with Gasteiger partial charge in [0.05, 0.1) is 18.8 Å². The minimum atomic E-state index is -0.561. The summed E-state index contributed by atoms with van der Waals surface area (Å²) in [5, 5.41) is 12.5. The van der Waals surface area contributed by atoms with Gasteiger partial charge in [-0.1, -0.05) is 121 Å². The van der Waals surface area contributed by atoms with Crippen LogP contribution in [0, 0.1) is 0 Å². The molecule has 5 aromatic carbocycles. The molecule has 0 bridgehead atoms. The summed E-state index contributed by atoms with van der Waals surface area (Å²) in [6.07, 6.45) is -0.117. The van der Waals surface area contributed by atoms with E-state index in [4.69, 9.17) is 9.47 Å². The average molecular weight is 627 g/mol. The zero-order valence-corrected chi connectivity index (χ0v) is 26.8. The molecule has 0 spiro atoms. The molecule has 0 radical (unpaired) electrons. The molecule has 0 aromatic heterocycles. The third kappa shape index (κ3) is 9.03. The van der Waals surface area contributed by atoms with Crippen molar-refractivity contribution in [3.63, 3.8) is 0 Å². The molecule has 1 amide bonds. The van der Waals surface area contributed by atoms with Crippen LogP contribution in [0.4, 0.5) is 0 Å². The molecule has 1 heterocycles. The number of carbonyl (C=O) groups is 1. The number of nitrogens with one attached hydrogen (secondary N) is 1. The standard InChI is InChI=1S/C41H42N2O4/c1-30(45)42-25-34-14-8-15-36(22-34)37-16-9-17-38(23-37)41-46-39(24-40(47-41)35-20-18-33(29-44)19-21-35)28-43(26-31-10-4-2-5-11-31)27-32-12-6-3-7-13-32/h2-23,39-41,44H,24-29H2,1H3,(H,42,45)/t39-,40+,41+/m0/s1. The molecule has 1 aliphatic rings. The normalized spacial score (nSPS) is 17.8. The van der Waals surface area contributed by atoms with Crippen LogP contribution in [0.1, 0.15) is 59.1 Å². The van der Waals surface area contributed by atoms with Gasteiger partial charge in [0.25, 0.3) is 0 Å². The Labute approximate surface area is 277 Å². The molecule has 1 saturated heterocycles. The Balaban J connectivity index is 1.28. The van der Waals surface area contributed by atoms with Crippen molar-refractivity contribution in [1.29, 1.82) is 0 Å². The second-order valence-electron chi connectivity index (χ2n) is 12.2. The molecule has 47 heavy (non-hydrogen) atoms. The molecular weight excluding hydrogens is 584 g/mol. The van der Waals surface area contributed by atoms with E-state index in [1.807, 2.05) is 30.3 Å². The second kappa shape index (κ2) is 15.8. The summed E-state index contributed by atoms with van der Waals surface area (Å²) in [4.78, 5) is 13.9. The fourth-order valence-electron chi connectivity index (χ4n) is 6.14. The van der Waals surface area contributed by atoms with Crippen molar-refractivity contribution in [3.05, 3.63) is 167 Å². The molecular formula is C41H42N2O4. The molecule has 2 N–H and O–H groups in total. The molecule has 0 saturated carbocycles. The maximum Gasteiger partial charge on any atom is 0.217 e. The Morgan fingerprint density at radius 1 is 0.702 bits per heavy atom. The number of benzene rings is 5. The molecule has 6 heteroatoms. The number of aliphatic hydroxyl groups excluding tert-OH is 1. The lowest BCUT2D eigenvalue weighted by molar-refractivity contribution is -0.253. The van der Waals surface area contributed by atoms with Crippen molar-refractivity contribution in [1.82, 2.24) is 10.2 Å². The predicted octanol–water partition coefficient (Wildman–Crippen LogP) is 7.73.